The first-order valence-corrected chi connectivity index (χ1v) is 25.1. The number of rotatable bonds is 3. The number of H-pyrrole nitrogens is 1. The van der Waals surface area contributed by atoms with Gasteiger partial charge in [0.2, 0.25) is 11.8 Å². The van der Waals surface area contributed by atoms with E-state index in [0.29, 0.717) is 38.4 Å². The Morgan fingerprint density at radius 1 is 0.535 bits per heavy atom. The summed E-state index contributed by atoms with van der Waals surface area (Å²) in [6.07, 6.45) is 14.5. The molecule has 2 saturated heterocycles. The molecule has 1 unspecified atom stereocenters. The molecule has 0 bridgehead atoms. The van der Waals surface area contributed by atoms with Crippen molar-refractivity contribution < 1.29 is 19.1 Å². The predicted octanol–water partition coefficient (Wildman–Crippen LogP) is 9.36. The highest BCUT2D eigenvalue weighted by Gasteiger charge is 2.33. The van der Waals surface area contributed by atoms with E-state index in [1.54, 1.807) is 0 Å². The van der Waals surface area contributed by atoms with E-state index in [9.17, 15) is 14.4 Å². The van der Waals surface area contributed by atoms with E-state index >= 15 is 0 Å². The summed E-state index contributed by atoms with van der Waals surface area (Å²) in [5.41, 5.74) is 16.1. The Balaban J connectivity index is 0.000000116. The van der Waals surface area contributed by atoms with Crippen molar-refractivity contribution in [3.05, 3.63) is 196 Å². The van der Waals surface area contributed by atoms with E-state index in [0.717, 1.165) is 79.5 Å². The number of nitrogens with one attached hydrogen (secondary N) is 2. The minimum Gasteiger partial charge on any atom is -0.381 e. The molecule has 13 rings (SSSR count). The molecule has 2 N–H and O–H groups in total. The van der Waals surface area contributed by atoms with Crippen LogP contribution in [0.25, 0.3) is 10.9 Å². The molecule has 9 heterocycles. The van der Waals surface area contributed by atoms with Crippen molar-refractivity contribution >= 4 is 45.7 Å². The standard InChI is InChI=1S/C22H19N3O.C19H22N2O2.C18H21N3O/c1-24-11-9-18-14-25(20-5-3-2-4-16(20)13-21(18)24)22(26)17-6-7-19-15(12-17)8-10-23-19;1-20-9-6-16-13-21(19(22)14-7-10-23-11-8-14)17-5-3-2-4-15(17)12-18(16)20;1-20-10-8-14-12-21(18(22)15-6-4-9-19-15)16-7-3-2-5-13(16)11-17(14)20/h2-12,23H,13-14H2,1H3;2-6,9,14H,7-8,10-13H2,1H3;2-3,5,7-8,10,15,19H,4,6,9,11-12H2,1H3. The number of hydrogen-bond donors (Lipinski definition) is 2. The van der Waals surface area contributed by atoms with Crippen molar-refractivity contribution in [3.63, 3.8) is 0 Å². The fraction of sp³-hybridized carbons (Fsp3) is 0.305. The van der Waals surface area contributed by atoms with Gasteiger partial charge in [-0.3, -0.25) is 14.4 Å². The van der Waals surface area contributed by atoms with E-state index in [1.165, 1.54) is 50.5 Å². The van der Waals surface area contributed by atoms with Crippen molar-refractivity contribution in [2.75, 3.05) is 34.5 Å². The Bertz CT molecular complexity index is 3250. The average Bonchev–Trinajstić information content (AvgIpc) is 4.24. The molecule has 71 heavy (non-hydrogen) atoms. The highest BCUT2D eigenvalue weighted by atomic mass is 16.5. The Morgan fingerprint density at radius 3 is 1.55 bits per heavy atom. The zero-order valence-corrected chi connectivity index (χ0v) is 40.9. The lowest BCUT2D eigenvalue weighted by Crippen LogP contribution is -2.43. The van der Waals surface area contributed by atoms with Crippen molar-refractivity contribution in [1.82, 2.24) is 24.0 Å². The molecule has 362 valence electrons. The molecular weight excluding hydrogens is 885 g/mol. The number of para-hydroxylation sites is 3. The van der Waals surface area contributed by atoms with Gasteiger partial charge in [0.15, 0.2) is 0 Å². The lowest BCUT2D eigenvalue weighted by Gasteiger charge is -2.29. The topological polar surface area (TPSA) is 113 Å². The van der Waals surface area contributed by atoms with Crippen LogP contribution in [0.15, 0.2) is 140 Å². The van der Waals surface area contributed by atoms with Gasteiger partial charge in [-0.25, -0.2) is 0 Å². The van der Waals surface area contributed by atoms with Gasteiger partial charge in [-0.05, 0) is 126 Å². The summed E-state index contributed by atoms with van der Waals surface area (Å²) in [5.74, 6) is 0.582. The lowest BCUT2D eigenvalue weighted by atomic mass is 9.98. The van der Waals surface area contributed by atoms with Gasteiger partial charge in [0, 0.05) is 135 Å². The second-order valence-corrected chi connectivity index (χ2v) is 19.7. The molecule has 0 spiro atoms. The lowest BCUT2D eigenvalue weighted by molar-refractivity contribution is -0.125. The summed E-state index contributed by atoms with van der Waals surface area (Å²) in [5, 5.41) is 4.39. The van der Waals surface area contributed by atoms with Crippen molar-refractivity contribution in [2.24, 2.45) is 27.1 Å². The SMILES string of the molecule is Cn1ccc2c1Cc1ccccc1N(C(=O)C1CCCN1)C2.Cn1ccc2c1Cc1ccccc1N(C(=O)C1CCOCC1)C2.Cn1ccc2c1Cc1ccccc1N(C(=O)c1ccc3[nH]ccc3c1)C2. The molecule has 0 radical (unpaired) electrons. The quantitative estimate of drug-likeness (QED) is 0.184. The molecule has 3 amide bonds. The first-order valence-electron chi connectivity index (χ1n) is 25.1. The number of carbonyl (C=O) groups is 3. The Hall–Kier alpha value is -7.41. The molecule has 1 atom stereocenters. The summed E-state index contributed by atoms with van der Waals surface area (Å²) in [6.45, 7) is 4.28. The van der Waals surface area contributed by atoms with Gasteiger partial charge < -0.3 is 43.4 Å². The smallest absolute Gasteiger partial charge is 0.258 e. The Labute approximate surface area is 415 Å². The van der Waals surface area contributed by atoms with Gasteiger partial charge in [0.05, 0.1) is 25.7 Å². The molecule has 4 aromatic carbocycles. The molecular formula is C59H62N8O4. The molecule has 12 nitrogen and oxygen atoms in total. The van der Waals surface area contributed by atoms with Crippen LogP contribution in [-0.4, -0.2) is 62.2 Å². The highest BCUT2D eigenvalue weighted by molar-refractivity contribution is 6.08. The third kappa shape index (κ3) is 9.14. The molecule has 2 fully saturated rings. The molecule has 0 saturated carbocycles. The summed E-state index contributed by atoms with van der Waals surface area (Å²) in [6, 6.07) is 39.0. The van der Waals surface area contributed by atoms with Crippen LogP contribution in [0.2, 0.25) is 0 Å². The zero-order chi connectivity index (χ0) is 48.6. The average molecular weight is 947 g/mol. The van der Waals surface area contributed by atoms with Gasteiger partial charge in [0.25, 0.3) is 5.91 Å². The maximum absolute atomic E-state index is 13.4. The van der Waals surface area contributed by atoms with Crippen LogP contribution in [0.4, 0.5) is 17.1 Å². The predicted molar refractivity (Wildman–Crippen MR) is 280 cm³/mol. The summed E-state index contributed by atoms with van der Waals surface area (Å²) < 4.78 is 11.9. The molecule has 8 aromatic rings. The summed E-state index contributed by atoms with van der Waals surface area (Å²) >= 11 is 0. The van der Waals surface area contributed by atoms with Crippen molar-refractivity contribution in [1.29, 1.82) is 0 Å². The Kier molecular flexibility index (Phi) is 12.8. The van der Waals surface area contributed by atoms with Crippen molar-refractivity contribution in [2.45, 2.75) is 70.6 Å². The van der Waals surface area contributed by atoms with Crippen LogP contribution in [0.5, 0.6) is 0 Å². The minimum absolute atomic E-state index is 0.0293. The van der Waals surface area contributed by atoms with Crippen molar-refractivity contribution in [3.8, 4) is 0 Å². The van der Waals surface area contributed by atoms with Crippen LogP contribution in [-0.2, 0) is 74.4 Å². The second kappa shape index (κ2) is 19.8. The van der Waals surface area contributed by atoms with Crippen LogP contribution in [0.3, 0.4) is 0 Å². The van der Waals surface area contributed by atoms with Crippen LogP contribution < -0.4 is 20.0 Å². The van der Waals surface area contributed by atoms with E-state index in [2.05, 4.69) is 124 Å². The number of anilines is 3. The number of fused-ring (bicyclic) bond motifs is 7. The maximum Gasteiger partial charge on any atom is 0.258 e. The largest absolute Gasteiger partial charge is 0.381 e. The van der Waals surface area contributed by atoms with Gasteiger partial charge in [-0.1, -0.05) is 54.6 Å². The number of nitrogens with zero attached hydrogens (tertiary/aromatic N) is 6. The third-order valence-electron chi connectivity index (χ3n) is 15.3. The molecule has 5 aliphatic rings. The number of aryl methyl sites for hydroxylation is 3. The first kappa shape index (κ1) is 46.0. The van der Waals surface area contributed by atoms with E-state index in [-0.39, 0.29) is 29.7 Å². The number of benzene rings is 4. The second-order valence-electron chi connectivity index (χ2n) is 19.7. The van der Waals surface area contributed by atoms with E-state index < -0.39 is 0 Å². The van der Waals surface area contributed by atoms with Gasteiger partial charge in [0.1, 0.15) is 0 Å². The monoisotopic (exact) mass is 946 g/mol. The van der Waals surface area contributed by atoms with Gasteiger partial charge >= 0.3 is 0 Å². The number of ether oxygens (including phenoxy) is 1. The highest BCUT2D eigenvalue weighted by Crippen LogP contribution is 2.36. The van der Waals surface area contributed by atoms with Crippen LogP contribution in [0.1, 0.15) is 86.5 Å². The Morgan fingerprint density at radius 2 is 1.03 bits per heavy atom. The molecule has 5 aliphatic heterocycles. The fourth-order valence-electron chi connectivity index (χ4n) is 11.2. The van der Waals surface area contributed by atoms with E-state index in [1.807, 2.05) is 75.5 Å². The summed E-state index contributed by atoms with van der Waals surface area (Å²) in [7, 11) is 6.23. The maximum atomic E-state index is 13.4. The van der Waals surface area contributed by atoms with Gasteiger partial charge in [-0.15, -0.1) is 0 Å². The number of amides is 3. The normalized spacial score (nSPS) is 17.1. The zero-order valence-electron chi connectivity index (χ0n) is 40.9. The first-order chi connectivity index (χ1) is 34.7. The molecule has 4 aromatic heterocycles. The fourth-order valence-corrected chi connectivity index (χ4v) is 11.2. The molecule has 0 aliphatic carbocycles. The minimum atomic E-state index is -0.0293. The number of aromatic nitrogens is 4. The van der Waals surface area contributed by atoms with Crippen LogP contribution in [0, 0.1) is 5.92 Å². The number of carbonyl (C=O) groups excluding carboxylic acids is 3. The molecule has 12 heteroatoms. The van der Waals surface area contributed by atoms with Gasteiger partial charge in [-0.2, -0.15) is 0 Å². The van der Waals surface area contributed by atoms with Crippen LogP contribution >= 0.6 is 0 Å². The number of aromatic amines is 1. The number of hydrogen-bond acceptors (Lipinski definition) is 5. The summed E-state index contributed by atoms with van der Waals surface area (Å²) in [4.78, 5) is 48.6. The van der Waals surface area contributed by atoms with E-state index in [4.69, 9.17) is 4.74 Å². The third-order valence-corrected chi connectivity index (χ3v) is 15.3.